The average Bonchev–Trinajstić information content (AvgIpc) is 2.48. The summed E-state index contributed by atoms with van der Waals surface area (Å²) in [6.45, 7) is 2.08. The number of aromatic hydroxyl groups is 1. The largest absolute Gasteiger partial charge is 0.508 e. The van der Waals surface area contributed by atoms with Crippen LogP contribution in [0.5, 0.6) is 5.75 Å². The first-order valence-electron chi connectivity index (χ1n) is 6.89. The van der Waals surface area contributed by atoms with Crippen LogP contribution in [0.2, 0.25) is 0 Å². The highest BCUT2D eigenvalue weighted by molar-refractivity contribution is 9.10. The zero-order chi connectivity index (χ0) is 15.4. The van der Waals surface area contributed by atoms with Crippen molar-refractivity contribution in [1.29, 1.82) is 0 Å². The van der Waals surface area contributed by atoms with Gasteiger partial charge in [-0.15, -0.1) is 0 Å². The number of benzene rings is 1. The zero-order valence-corrected chi connectivity index (χ0v) is 14.1. The molecule has 0 fully saturated rings. The Morgan fingerprint density at radius 2 is 2.05 bits per heavy atom. The summed E-state index contributed by atoms with van der Waals surface area (Å²) in [5.41, 5.74) is 1.82. The molecule has 0 saturated heterocycles. The first-order valence-corrected chi connectivity index (χ1v) is 7.69. The molecule has 1 heterocycles. The molecule has 1 aromatic carbocycles. The molecule has 0 bridgehead atoms. The van der Waals surface area contributed by atoms with Crippen molar-refractivity contribution in [2.45, 2.75) is 19.4 Å². The van der Waals surface area contributed by atoms with Crippen molar-refractivity contribution in [2.24, 2.45) is 0 Å². The second-order valence-electron chi connectivity index (χ2n) is 5.11. The van der Waals surface area contributed by atoms with Crippen LogP contribution in [-0.4, -0.2) is 24.2 Å². The second-order valence-corrected chi connectivity index (χ2v) is 6.02. The Kier molecular flexibility index (Phi) is 5.07. The van der Waals surface area contributed by atoms with Gasteiger partial charge in [0.05, 0.1) is 17.9 Å². The third-order valence-electron chi connectivity index (χ3n) is 3.32. The molecule has 1 atom stereocenters. The number of rotatable bonds is 5. The number of nitrogens with one attached hydrogen (secondary N) is 1. The molecule has 4 nitrogen and oxygen atoms in total. The minimum atomic E-state index is 0.0366. The molecule has 1 unspecified atom stereocenters. The van der Waals surface area contributed by atoms with Gasteiger partial charge in [0.15, 0.2) is 0 Å². The molecule has 2 rings (SSSR count). The molecular weight excluding hydrogens is 330 g/mol. The van der Waals surface area contributed by atoms with Crippen LogP contribution in [0.25, 0.3) is 0 Å². The van der Waals surface area contributed by atoms with Crippen molar-refractivity contribution in [1.82, 2.24) is 4.98 Å². The fourth-order valence-electron chi connectivity index (χ4n) is 2.14. The maximum Gasteiger partial charge on any atom is 0.128 e. The molecule has 0 spiro atoms. The molecule has 21 heavy (non-hydrogen) atoms. The minimum absolute atomic E-state index is 0.0366. The molecular formula is C16H20BrN3O. The predicted molar refractivity (Wildman–Crippen MR) is 91.0 cm³/mol. The van der Waals surface area contributed by atoms with E-state index in [1.165, 1.54) is 0 Å². The van der Waals surface area contributed by atoms with Crippen molar-refractivity contribution in [2.75, 3.05) is 24.3 Å². The number of halogens is 1. The van der Waals surface area contributed by atoms with Crippen LogP contribution in [0.4, 0.5) is 11.5 Å². The van der Waals surface area contributed by atoms with Crippen molar-refractivity contribution in [3.8, 4) is 5.75 Å². The number of anilines is 2. The van der Waals surface area contributed by atoms with Crippen molar-refractivity contribution < 1.29 is 5.11 Å². The number of nitrogens with zero attached hydrogens (tertiary/aromatic N) is 2. The average molecular weight is 350 g/mol. The highest BCUT2D eigenvalue weighted by Crippen LogP contribution is 2.31. The monoisotopic (exact) mass is 349 g/mol. The number of pyridine rings is 1. The molecule has 1 aromatic heterocycles. The van der Waals surface area contributed by atoms with Crippen molar-refractivity contribution >= 4 is 27.4 Å². The van der Waals surface area contributed by atoms with Gasteiger partial charge in [-0.2, -0.15) is 0 Å². The first kappa shape index (κ1) is 15.6. The van der Waals surface area contributed by atoms with Crippen molar-refractivity contribution in [3.63, 3.8) is 0 Å². The Hall–Kier alpha value is -1.75. The van der Waals surface area contributed by atoms with Crippen LogP contribution in [-0.2, 0) is 0 Å². The van der Waals surface area contributed by atoms with E-state index in [9.17, 15) is 5.11 Å². The highest BCUT2D eigenvalue weighted by atomic mass is 79.9. The molecule has 0 saturated carbocycles. The van der Waals surface area contributed by atoms with E-state index >= 15 is 0 Å². The Balaban J connectivity index is 2.20. The summed E-state index contributed by atoms with van der Waals surface area (Å²) in [5.74, 6) is 1.22. The number of phenolic OH excluding ortho intramolecular Hbond substituents is 1. The molecule has 5 heteroatoms. The SMILES string of the molecule is CCC(Nc1ccc(N(C)C)nc1)c1cc(Br)ccc1O. The lowest BCUT2D eigenvalue weighted by Gasteiger charge is -2.20. The summed E-state index contributed by atoms with van der Waals surface area (Å²) in [4.78, 5) is 6.35. The zero-order valence-electron chi connectivity index (χ0n) is 12.5. The summed E-state index contributed by atoms with van der Waals surface area (Å²) < 4.78 is 0.955. The van der Waals surface area contributed by atoms with E-state index in [0.29, 0.717) is 5.75 Å². The second kappa shape index (κ2) is 6.80. The first-order chi connectivity index (χ1) is 10.0. The summed E-state index contributed by atoms with van der Waals surface area (Å²) >= 11 is 3.45. The Morgan fingerprint density at radius 3 is 2.62 bits per heavy atom. The molecule has 0 aliphatic carbocycles. The standard InChI is InChI=1S/C16H20BrN3O/c1-4-14(13-9-11(17)5-7-15(13)21)19-12-6-8-16(18-10-12)20(2)3/h5-10,14,19,21H,4H2,1-3H3. The summed E-state index contributed by atoms with van der Waals surface area (Å²) in [6, 6.07) is 9.49. The van der Waals surface area contributed by atoms with Crippen molar-refractivity contribution in [3.05, 3.63) is 46.6 Å². The smallest absolute Gasteiger partial charge is 0.128 e. The van der Waals surface area contributed by atoms with E-state index in [1.807, 2.05) is 49.5 Å². The third-order valence-corrected chi connectivity index (χ3v) is 3.81. The highest BCUT2D eigenvalue weighted by Gasteiger charge is 2.14. The Labute approximate surface area is 134 Å². The Morgan fingerprint density at radius 1 is 1.29 bits per heavy atom. The van der Waals surface area contributed by atoms with E-state index in [1.54, 1.807) is 6.07 Å². The quantitative estimate of drug-likeness (QED) is 0.849. The maximum absolute atomic E-state index is 10.0. The van der Waals surface area contributed by atoms with E-state index in [2.05, 4.69) is 33.2 Å². The fourth-order valence-corrected chi connectivity index (χ4v) is 2.52. The van der Waals surface area contributed by atoms with Gasteiger partial charge in [-0.1, -0.05) is 22.9 Å². The molecule has 0 amide bonds. The minimum Gasteiger partial charge on any atom is -0.508 e. The van der Waals surface area contributed by atoms with Crippen LogP contribution >= 0.6 is 15.9 Å². The number of hydrogen-bond donors (Lipinski definition) is 2. The summed E-state index contributed by atoms with van der Waals surface area (Å²) in [5, 5.41) is 13.5. The van der Waals surface area contributed by atoms with Gasteiger partial charge < -0.3 is 15.3 Å². The summed E-state index contributed by atoms with van der Waals surface area (Å²) in [6.07, 6.45) is 2.67. The normalized spacial score (nSPS) is 12.0. The van der Waals surface area contributed by atoms with E-state index < -0.39 is 0 Å². The molecule has 0 aliphatic rings. The number of aromatic nitrogens is 1. The number of phenols is 1. The van der Waals surface area contributed by atoms with Gasteiger partial charge in [0.2, 0.25) is 0 Å². The van der Waals surface area contributed by atoms with Gasteiger partial charge in [-0.05, 0) is 36.8 Å². The molecule has 112 valence electrons. The van der Waals surface area contributed by atoms with Gasteiger partial charge in [0, 0.05) is 24.1 Å². The fraction of sp³-hybridized carbons (Fsp3) is 0.312. The lowest BCUT2D eigenvalue weighted by atomic mass is 10.0. The maximum atomic E-state index is 10.0. The predicted octanol–water partition coefficient (Wildman–Crippen LogP) is 4.18. The molecule has 0 radical (unpaired) electrons. The van der Waals surface area contributed by atoms with Crippen LogP contribution in [0.3, 0.4) is 0 Å². The van der Waals surface area contributed by atoms with Crippen LogP contribution in [0, 0.1) is 0 Å². The third kappa shape index (κ3) is 3.88. The van der Waals surface area contributed by atoms with Gasteiger partial charge in [0.1, 0.15) is 11.6 Å². The van der Waals surface area contributed by atoms with Crippen LogP contribution in [0.15, 0.2) is 41.0 Å². The summed E-state index contributed by atoms with van der Waals surface area (Å²) in [7, 11) is 3.92. The number of hydrogen-bond acceptors (Lipinski definition) is 4. The molecule has 2 aromatic rings. The lowest BCUT2D eigenvalue weighted by Crippen LogP contribution is -2.12. The van der Waals surface area contributed by atoms with Crippen LogP contribution in [0.1, 0.15) is 24.9 Å². The van der Waals surface area contributed by atoms with Gasteiger partial charge >= 0.3 is 0 Å². The van der Waals surface area contributed by atoms with E-state index in [4.69, 9.17) is 0 Å². The molecule has 0 aliphatic heterocycles. The van der Waals surface area contributed by atoms with E-state index in [0.717, 1.165) is 28.0 Å². The molecule has 2 N–H and O–H groups in total. The van der Waals surface area contributed by atoms with Gasteiger partial charge in [0.25, 0.3) is 0 Å². The van der Waals surface area contributed by atoms with Gasteiger partial charge in [-0.3, -0.25) is 0 Å². The lowest BCUT2D eigenvalue weighted by molar-refractivity contribution is 0.462. The van der Waals surface area contributed by atoms with E-state index in [-0.39, 0.29) is 6.04 Å². The Bertz CT molecular complexity index is 599. The van der Waals surface area contributed by atoms with Gasteiger partial charge in [-0.25, -0.2) is 4.98 Å². The topological polar surface area (TPSA) is 48.4 Å². The van der Waals surface area contributed by atoms with Crippen LogP contribution < -0.4 is 10.2 Å².